The molecule has 0 fully saturated rings. The van der Waals surface area contributed by atoms with E-state index in [-0.39, 0.29) is 5.41 Å². The number of rotatable bonds is 8. The van der Waals surface area contributed by atoms with Gasteiger partial charge in [0.15, 0.2) is 30.4 Å². The zero-order valence-corrected chi connectivity index (χ0v) is 75.5. The fourth-order valence-corrected chi connectivity index (χ4v) is 19.8. The average molecular weight is 1690 g/mol. The molecule has 0 aliphatic heterocycles. The number of imidazole rings is 4. The number of pyridine rings is 7. The first-order valence-corrected chi connectivity index (χ1v) is 43.7. The van der Waals surface area contributed by atoms with Crippen molar-refractivity contribution < 1.29 is 31.5 Å². The predicted octanol–water partition coefficient (Wildman–Crippen LogP) is 23.3. The normalized spacial score (nSPS) is 12.3. The summed E-state index contributed by atoms with van der Waals surface area (Å²) in [6, 6.07) is 82.3. The van der Waals surface area contributed by atoms with Crippen molar-refractivity contribution in [3.8, 4) is 102 Å². The van der Waals surface area contributed by atoms with Gasteiger partial charge in [-0.05, 0) is 191 Å². The molecule has 23 aromatic rings. The Morgan fingerprint density at radius 3 is 1.09 bits per heavy atom. The second kappa shape index (κ2) is 31.2. The molecule has 18 nitrogen and oxygen atoms in total. The lowest BCUT2D eigenvalue weighted by atomic mass is 9.80. The molecule has 0 spiro atoms. The number of aromatic nitrogens is 15. The van der Waals surface area contributed by atoms with Crippen molar-refractivity contribution in [3.63, 3.8) is 0 Å². The highest BCUT2D eigenvalue weighted by atomic mass is 16.3. The molecule has 18 heteroatoms. The molecule has 129 heavy (non-hydrogen) atoms. The van der Waals surface area contributed by atoms with Gasteiger partial charge >= 0.3 is 0 Å². The summed E-state index contributed by atoms with van der Waals surface area (Å²) in [5, 5.41) is 6.35. The molecule has 9 aromatic carbocycles. The van der Waals surface area contributed by atoms with E-state index in [1.165, 1.54) is 50.2 Å². The van der Waals surface area contributed by atoms with E-state index >= 15 is 0 Å². The van der Waals surface area contributed by atoms with Crippen molar-refractivity contribution in [2.75, 3.05) is 0 Å². The Labute approximate surface area is 746 Å². The first-order chi connectivity index (χ1) is 62.5. The van der Waals surface area contributed by atoms with E-state index in [1.807, 2.05) is 94.0 Å². The van der Waals surface area contributed by atoms with Gasteiger partial charge in [-0.3, -0.25) is 15.0 Å². The lowest BCUT2D eigenvalue weighted by molar-refractivity contribution is -0.660. The zero-order valence-electron chi connectivity index (χ0n) is 75.5. The molecule has 0 saturated heterocycles. The van der Waals surface area contributed by atoms with Crippen LogP contribution in [0.3, 0.4) is 0 Å². The van der Waals surface area contributed by atoms with Gasteiger partial charge in [-0.25, -0.2) is 38.2 Å². The number of benzene rings is 9. The van der Waals surface area contributed by atoms with Crippen molar-refractivity contribution in [2.45, 2.75) is 67.7 Å². The van der Waals surface area contributed by atoms with Crippen LogP contribution in [0.2, 0.25) is 0 Å². The second-order valence-corrected chi connectivity index (χ2v) is 34.9. The molecular formula is C111H97N15O3+4. The van der Waals surface area contributed by atoms with Crippen LogP contribution in [0.4, 0.5) is 0 Å². The van der Waals surface area contributed by atoms with Crippen molar-refractivity contribution in [3.05, 3.63) is 330 Å². The van der Waals surface area contributed by atoms with Gasteiger partial charge in [0.05, 0.1) is 72.6 Å². The van der Waals surface area contributed by atoms with E-state index in [0.29, 0.717) is 0 Å². The maximum atomic E-state index is 6.45. The van der Waals surface area contributed by atoms with Crippen LogP contribution >= 0.6 is 0 Å². The Morgan fingerprint density at radius 2 is 0.628 bits per heavy atom. The van der Waals surface area contributed by atoms with Gasteiger partial charge in [-0.15, -0.1) is 0 Å². The molecule has 1 aliphatic rings. The first-order valence-electron chi connectivity index (χ1n) is 43.7. The van der Waals surface area contributed by atoms with E-state index in [2.05, 4.69) is 356 Å². The standard InChI is InChI=1S/C30H28N3.3C27H23N4O/c1-19-21(29-31-24-14-8-9-15-25(24)33(29)5)18-23-28(27(19)26-16-10-11-17-32(26)4)20-12-6-7-13-22(20)30(23,2)3;1-16-13-23-19(15-28-16)26-24(32-23)14-18(17(2)25(26)22-11-7-8-12-30(22)3)27-29-20-9-5-6-10-21(20)31(27)4;1-16-13-24-20(15-28-16)19-14-18(27-29-21-9-5-6-10-22(21)31(27)4)17(2)25(26(19)32-24)23-11-7-8-12-30(23)3;1-16-13-19-20-14-18(27-29-21-9-5-6-10-22(21)31(27)4)17(2)25(23-11-7-8-12-30(23)3)26(20)32-24(19)15-28-16/h6-18H,1-5H3;3*5-15H,1-4H3/q4*+1. The zero-order chi connectivity index (χ0) is 88.9. The highest BCUT2D eigenvalue weighted by Gasteiger charge is 2.41. The van der Waals surface area contributed by atoms with Gasteiger partial charge in [-0.2, -0.15) is 0 Å². The summed E-state index contributed by atoms with van der Waals surface area (Å²) in [7, 11) is 16.7. The molecule has 1 aliphatic carbocycles. The van der Waals surface area contributed by atoms with Gasteiger partial charge in [0, 0.05) is 184 Å². The fraction of sp³-hybridized carbons (Fsp3) is 0.162. The maximum absolute atomic E-state index is 6.45. The maximum Gasteiger partial charge on any atom is 0.216 e. The Kier molecular flexibility index (Phi) is 19.4. The summed E-state index contributed by atoms with van der Waals surface area (Å²) in [4.78, 5) is 33.6. The number of para-hydroxylation sites is 8. The molecule has 24 rings (SSSR count). The number of hydrogen-bond donors (Lipinski definition) is 0. The summed E-state index contributed by atoms with van der Waals surface area (Å²) in [5.74, 6) is 3.84. The number of hydrogen-bond acceptors (Lipinski definition) is 10. The highest BCUT2D eigenvalue weighted by molar-refractivity contribution is 6.16. The second-order valence-electron chi connectivity index (χ2n) is 34.9. The van der Waals surface area contributed by atoms with Gasteiger partial charge in [0.25, 0.3) is 0 Å². The lowest BCUT2D eigenvalue weighted by Gasteiger charge is -2.23. The lowest BCUT2D eigenvalue weighted by Crippen LogP contribution is -2.30. The number of aryl methyl sites for hydroxylation is 11. The van der Waals surface area contributed by atoms with Crippen molar-refractivity contribution in [2.24, 2.45) is 56.4 Å². The minimum atomic E-state index is -0.0823. The molecule has 0 N–H and O–H groups in total. The van der Waals surface area contributed by atoms with Gasteiger partial charge < -0.3 is 31.5 Å². The average Bonchev–Trinajstić information content (AvgIpc) is 1.55. The molecule has 0 saturated carbocycles. The van der Waals surface area contributed by atoms with Gasteiger partial charge in [0.1, 0.15) is 79.4 Å². The first kappa shape index (κ1) is 80.4. The summed E-state index contributed by atoms with van der Waals surface area (Å²) in [6.07, 6.45) is 14.0. The van der Waals surface area contributed by atoms with Crippen LogP contribution in [0.15, 0.2) is 293 Å². The van der Waals surface area contributed by atoms with Crippen LogP contribution < -0.4 is 18.3 Å². The van der Waals surface area contributed by atoms with Crippen molar-refractivity contribution in [1.29, 1.82) is 0 Å². The largest absolute Gasteiger partial charge is 0.456 e. The van der Waals surface area contributed by atoms with Crippen LogP contribution in [0, 0.1) is 48.5 Å². The molecule has 0 radical (unpaired) electrons. The molecule has 0 atom stereocenters. The third-order valence-electron chi connectivity index (χ3n) is 26.6. The minimum absolute atomic E-state index is 0.0823. The van der Waals surface area contributed by atoms with Crippen LogP contribution in [-0.4, -0.2) is 53.2 Å². The van der Waals surface area contributed by atoms with Crippen LogP contribution in [0.5, 0.6) is 0 Å². The van der Waals surface area contributed by atoms with Gasteiger partial charge in [-0.1, -0.05) is 86.6 Å². The molecular weight excluding hydrogens is 1590 g/mol. The predicted molar refractivity (Wildman–Crippen MR) is 517 cm³/mol. The van der Waals surface area contributed by atoms with Crippen LogP contribution in [0.25, 0.3) is 212 Å². The Morgan fingerprint density at radius 1 is 0.279 bits per heavy atom. The smallest absolute Gasteiger partial charge is 0.216 e. The SMILES string of the molecule is Cc1c(-c2nc3ccccc3n2C)cc2c(c1-c1cccc[n+]1C)-c1ccccc1C2(C)C.Cc1cc2c(cn1)oc1c(-c3cccc[n+]3C)c(C)c(-c3nc4ccccc4n3C)cc12.Cc1cc2oc3c(-c4cccc[n+]4C)c(C)c(-c4nc5ccccc5n4C)cc3c2cn1.Cc1cc2oc3cc(-c4nc5ccccc5n4C)c(C)c(-c4cccc[n+]4C)c3c2cn1. The fourth-order valence-electron chi connectivity index (χ4n) is 19.8. The van der Waals surface area contributed by atoms with E-state index in [0.717, 1.165) is 212 Å². The minimum Gasteiger partial charge on any atom is -0.456 e. The number of fused-ring (bicyclic) bond motifs is 16. The van der Waals surface area contributed by atoms with Crippen molar-refractivity contribution >= 4 is 110 Å². The summed E-state index contributed by atoms with van der Waals surface area (Å²) in [5.41, 5.74) is 40.2. The summed E-state index contributed by atoms with van der Waals surface area (Å²) >= 11 is 0. The number of nitrogens with zero attached hydrogens (tertiary/aromatic N) is 15. The molecule has 0 bridgehead atoms. The topological polar surface area (TPSA) is 165 Å². The van der Waals surface area contributed by atoms with E-state index in [4.69, 9.17) is 33.2 Å². The highest BCUT2D eigenvalue weighted by Crippen LogP contribution is 2.55. The number of furan rings is 3. The quantitative estimate of drug-likeness (QED) is 0.134. The third-order valence-corrected chi connectivity index (χ3v) is 26.6. The molecule has 0 unspecified atom stereocenters. The monoisotopic (exact) mass is 1690 g/mol. The summed E-state index contributed by atoms with van der Waals surface area (Å²) < 4.78 is 36.6. The molecule has 630 valence electrons. The van der Waals surface area contributed by atoms with Crippen LogP contribution in [0.1, 0.15) is 64.3 Å². The van der Waals surface area contributed by atoms with E-state index in [9.17, 15) is 0 Å². The molecule has 0 amide bonds. The molecule has 14 heterocycles. The summed E-state index contributed by atoms with van der Waals surface area (Å²) in [6.45, 7) is 19.4. The van der Waals surface area contributed by atoms with Gasteiger partial charge in [0.2, 0.25) is 22.8 Å². The van der Waals surface area contributed by atoms with Crippen LogP contribution in [-0.2, 0) is 61.8 Å². The Bertz CT molecular complexity index is 8510. The molecule has 14 aromatic heterocycles. The van der Waals surface area contributed by atoms with Crippen molar-refractivity contribution in [1.82, 2.24) is 53.2 Å². The third kappa shape index (κ3) is 13.2. The van der Waals surface area contributed by atoms with E-state index < -0.39 is 0 Å². The Balaban J connectivity index is 0.000000104. The Hall–Kier alpha value is -15.7. The van der Waals surface area contributed by atoms with E-state index in [1.54, 1.807) is 0 Å².